The van der Waals surface area contributed by atoms with E-state index in [0.717, 1.165) is 23.0 Å². The van der Waals surface area contributed by atoms with Gasteiger partial charge in [0.25, 0.3) is 0 Å². The smallest absolute Gasteiger partial charge is 0.193 e. The van der Waals surface area contributed by atoms with Crippen molar-refractivity contribution in [2.45, 2.75) is 57.9 Å². The van der Waals surface area contributed by atoms with Gasteiger partial charge in [-0.1, -0.05) is 32.6 Å². The van der Waals surface area contributed by atoms with E-state index in [1.54, 1.807) is 11.3 Å². The Morgan fingerprint density at radius 3 is 2.90 bits per heavy atom. The Labute approximate surface area is 125 Å². The number of aromatic nitrogens is 2. The van der Waals surface area contributed by atoms with Gasteiger partial charge in [-0.2, -0.15) is 0 Å². The minimum atomic E-state index is 0.280. The van der Waals surface area contributed by atoms with Gasteiger partial charge >= 0.3 is 0 Å². The average molecular weight is 291 g/mol. The van der Waals surface area contributed by atoms with E-state index < -0.39 is 0 Å². The van der Waals surface area contributed by atoms with E-state index >= 15 is 0 Å². The maximum absolute atomic E-state index is 6.44. The first kappa shape index (κ1) is 14.1. The Bertz CT molecular complexity index is 508. The summed E-state index contributed by atoms with van der Waals surface area (Å²) in [7, 11) is 0. The van der Waals surface area contributed by atoms with Crippen molar-refractivity contribution < 1.29 is 0 Å². The number of hydrogen-bond acceptors (Lipinski definition) is 3. The topological polar surface area (TPSA) is 43.3 Å². The molecule has 0 spiro atoms. The van der Waals surface area contributed by atoms with Crippen LogP contribution in [0.3, 0.4) is 0 Å². The van der Waals surface area contributed by atoms with E-state index in [2.05, 4.69) is 34.1 Å². The Balaban J connectivity index is 1.54. The van der Waals surface area contributed by atoms with Crippen LogP contribution in [0, 0.1) is 11.8 Å². The molecule has 20 heavy (non-hydrogen) atoms. The fourth-order valence-electron chi connectivity index (χ4n) is 3.60. The predicted octanol–water partition coefficient (Wildman–Crippen LogP) is 3.87. The van der Waals surface area contributed by atoms with Gasteiger partial charge in [-0.3, -0.25) is 4.40 Å². The van der Waals surface area contributed by atoms with Crippen LogP contribution in [0.4, 0.5) is 0 Å². The third kappa shape index (κ3) is 3.07. The van der Waals surface area contributed by atoms with Crippen LogP contribution in [0.1, 0.15) is 51.1 Å². The molecule has 1 fully saturated rings. The second-order valence-electron chi connectivity index (χ2n) is 6.26. The summed E-state index contributed by atoms with van der Waals surface area (Å²) in [6.07, 6.45) is 13.2. The maximum Gasteiger partial charge on any atom is 0.193 e. The molecule has 1 atom stereocenters. The lowest BCUT2D eigenvalue weighted by molar-refractivity contribution is 0.232. The van der Waals surface area contributed by atoms with Crippen LogP contribution in [-0.4, -0.2) is 15.4 Å². The molecule has 2 aromatic rings. The molecular weight excluding hydrogens is 266 g/mol. The number of nitrogens with two attached hydrogens (primary N) is 1. The summed E-state index contributed by atoms with van der Waals surface area (Å²) in [5.74, 6) is 1.66. The fraction of sp³-hybridized carbons (Fsp3) is 0.688. The normalized spacial score (nSPS) is 25.1. The standard InChI is InChI=1S/C16H25N3S/c1-2-3-12-4-6-13(7-5-12)15(17)10-14-11-19-8-9-20-16(19)18-14/h8-9,11-13,15H,2-7,10,17H2,1H3. The zero-order valence-corrected chi connectivity index (χ0v) is 13.1. The van der Waals surface area contributed by atoms with Gasteiger partial charge in [0.15, 0.2) is 4.96 Å². The second-order valence-corrected chi connectivity index (χ2v) is 7.14. The van der Waals surface area contributed by atoms with Crippen LogP contribution in [0.25, 0.3) is 4.96 Å². The van der Waals surface area contributed by atoms with E-state index in [0.29, 0.717) is 5.92 Å². The molecule has 1 saturated carbocycles. The van der Waals surface area contributed by atoms with E-state index in [9.17, 15) is 0 Å². The van der Waals surface area contributed by atoms with Crippen LogP contribution in [0.15, 0.2) is 17.8 Å². The predicted molar refractivity (Wildman–Crippen MR) is 85.1 cm³/mol. The van der Waals surface area contributed by atoms with Gasteiger partial charge in [-0.15, -0.1) is 11.3 Å². The molecule has 4 heteroatoms. The quantitative estimate of drug-likeness (QED) is 0.908. The van der Waals surface area contributed by atoms with Crippen molar-refractivity contribution in [1.82, 2.24) is 9.38 Å². The summed E-state index contributed by atoms with van der Waals surface area (Å²) in [6, 6.07) is 0.280. The molecule has 2 aromatic heterocycles. The molecule has 0 aromatic carbocycles. The number of nitrogens with zero attached hydrogens (tertiary/aromatic N) is 2. The number of rotatable bonds is 5. The molecule has 1 aliphatic rings. The monoisotopic (exact) mass is 291 g/mol. The Hall–Kier alpha value is -0.870. The molecule has 3 rings (SSSR count). The van der Waals surface area contributed by atoms with Gasteiger partial charge in [0, 0.05) is 30.2 Å². The molecule has 1 aliphatic carbocycles. The minimum Gasteiger partial charge on any atom is -0.327 e. The van der Waals surface area contributed by atoms with Gasteiger partial charge in [-0.05, 0) is 24.7 Å². The highest BCUT2D eigenvalue weighted by Gasteiger charge is 2.25. The van der Waals surface area contributed by atoms with E-state index in [1.165, 1.54) is 38.5 Å². The van der Waals surface area contributed by atoms with E-state index in [1.807, 2.05) is 0 Å². The van der Waals surface area contributed by atoms with Crippen molar-refractivity contribution in [3.05, 3.63) is 23.5 Å². The molecule has 0 amide bonds. The third-order valence-electron chi connectivity index (χ3n) is 4.78. The summed E-state index contributed by atoms with van der Waals surface area (Å²) < 4.78 is 2.10. The lowest BCUT2D eigenvalue weighted by Gasteiger charge is -2.31. The summed E-state index contributed by atoms with van der Waals surface area (Å²) in [5, 5.41) is 2.07. The van der Waals surface area contributed by atoms with Gasteiger partial charge in [0.2, 0.25) is 0 Å². The highest BCUT2D eigenvalue weighted by atomic mass is 32.1. The molecule has 1 unspecified atom stereocenters. The van der Waals surface area contributed by atoms with Crippen molar-refractivity contribution in [2.24, 2.45) is 17.6 Å². The largest absolute Gasteiger partial charge is 0.327 e. The molecule has 2 N–H and O–H groups in total. The van der Waals surface area contributed by atoms with Crippen molar-refractivity contribution >= 4 is 16.3 Å². The zero-order valence-electron chi connectivity index (χ0n) is 12.3. The van der Waals surface area contributed by atoms with Crippen molar-refractivity contribution in [3.63, 3.8) is 0 Å². The lowest BCUT2D eigenvalue weighted by atomic mass is 9.76. The average Bonchev–Trinajstić information content (AvgIpc) is 3.01. The summed E-state index contributed by atoms with van der Waals surface area (Å²) in [4.78, 5) is 5.74. The first-order chi connectivity index (χ1) is 9.76. The van der Waals surface area contributed by atoms with Crippen LogP contribution >= 0.6 is 11.3 Å². The van der Waals surface area contributed by atoms with Gasteiger partial charge in [0.1, 0.15) is 0 Å². The lowest BCUT2D eigenvalue weighted by Crippen LogP contribution is -2.35. The Morgan fingerprint density at radius 2 is 2.20 bits per heavy atom. The number of thiazole rings is 1. The van der Waals surface area contributed by atoms with Gasteiger partial charge in [-0.25, -0.2) is 4.98 Å². The first-order valence-corrected chi connectivity index (χ1v) is 8.81. The van der Waals surface area contributed by atoms with Crippen molar-refractivity contribution in [2.75, 3.05) is 0 Å². The molecule has 2 heterocycles. The summed E-state index contributed by atoms with van der Waals surface area (Å²) in [6.45, 7) is 2.29. The van der Waals surface area contributed by atoms with E-state index in [4.69, 9.17) is 5.73 Å². The number of imidazole rings is 1. The third-order valence-corrected chi connectivity index (χ3v) is 5.55. The van der Waals surface area contributed by atoms with Crippen LogP contribution in [0.2, 0.25) is 0 Å². The summed E-state index contributed by atoms with van der Waals surface area (Å²) >= 11 is 1.69. The zero-order chi connectivity index (χ0) is 13.9. The molecule has 3 nitrogen and oxygen atoms in total. The highest BCUT2D eigenvalue weighted by molar-refractivity contribution is 7.15. The van der Waals surface area contributed by atoms with Gasteiger partial charge in [0.05, 0.1) is 5.69 Å². The Kier molecular flexibility index (Phi) is 4.41. The molecule has 0 radical (unpaired) electrons. The van der Waals surface area contributed by atoms with Crippen LogP contribution in [0.5, 0.6) is 0 Å². The summed E-state index contributed by atoms with van der Waals surface area (Å²) in [5.41, 5.74) is 7.60. The fourth-order valence-corrected chi connectivity index (χ4v) is 4.31. The minimum absolute atomic E-state index is 0.280. The highest BCUT2D eigenvalue weighted by Crippen LogP contribution is 2.33. The van der Waals surface area contributed by atoms with E-state index in [-0.39, 0.29) is 6.04 Å². The number of fused-ring (bicyclic) bond motifs is 1. The van der Waals surface area contributed by atoms with Crippen molar-refractivity contribution in [3.8, 4) is 0 Å². The molecule has 0 saturated heterocycles. The molecular formula is C16H25N3S. The van der Waals surface area contributed by atoms with Crippen molar-refractivity contribution in [1.29, 1.82) is 0 Å². The SMILES string of the molecule is CCCC1CCC(C(N)Cc2cn3ccsc3n2)CC1. The molecule has 0 aliphatic heterocycles. The van der Waals surface area contributed by atoms with Gasteiger partial charge < -0.3 is 5.73 Å². The number of hydrogen-bond donors (Lipinski definition) is 1. The Morgan fingerprint density at radius 1 is 1.40 bits per heavy atom. The van der Waals surface area contributed by atoms with Crippen LogP contribution in [-0.2, 0) is 6.42 Å². The first-order valence-electron chi connectivity index (χ1n) is 7.93. The maximum atomic E-state index is 6.44. The molecule has 110 valence electrons. The van der Waals surface area contributed by atoms with Crippen LogP contribution < -0.4 is 5.73 Å². The molecule has 0 bridgehead atoms. The second kappa shape index (κ2) is 6.27.